The Morgan fingerprint density at radius 3 is 2.51 bits per heavy atom. The molecule has 10 nitrogen and oxygen atoms in total. The maximum atomic E-state index is 13.0. The zero-order valence-corrected chi connectivity index (χ0v) is 19.4. The fourth-order valence-electron chi connectivity index (χ4n) is 4.66. The molecule has 0 aliphatic carbocycles. The fraction of sp³-hybridized carbons (Fsp3) is 0.280. The molecule has 0 bridgehead atoms. The van der Waals surface area contributed by atoms with E-state index in [0.717, 1.165) is 35.0 Å². The van der Waals surface area contributed by atoms with Gasteiger partial charge in [0.05, 0.1) is 18.9 Å². The van der Waals surface area contributed by atoms with Crippen molar-refractivity contribution >= 4 is 17.3 Å². The number of morpholine rings is 1. The molecule has 4 aromatic rings. The molecule has 0 amide bonds. The third-order valence-electron chi connectivity index (χ3n) is 6.40. The van der Waals surface area contributed by atoms with Gasteiger partial charge >= 0.3 is 0 Å². The van der Waals surface area contributed by atoms with E-state index in [0.29, 0.717) is 37.9 Å². The molecule has 1 unspecified atom stereocenters. The lowest BCUT2D eigenvalue weighted by molar-refractivity contribution is 0.122. The highest BCUT2D eigenvalue weighted by molar-refractivity contribution is 5.84. The van der Waals surface area contributed by atoms with E-state index in [4.69, 9.17) is 14.7 Å². The van der Waals surface area contributed by atoms with Gasteiger partial charge in [-0.05, 0) is 30.2 Å². The van der Waals surface area contributed by atoms with E-state index < -0.39 is 0 Å². The Balaban J connectivity index is 1.48. The number of hydrogen-bond donors (Lipinski definition) is 2. The quantitative estimate of drug-likeness (QED) is 0.459. The first-order valence-corrected chi connectivity index (χ1v) is 11.8. The van der Waals surface area contributed by atoms with Crippen molar-refractivity contribution in [2.24, 2.45) is 0 Å². The second-order valence-electron chi connectivity index (χ2n) is 8.47. The second-order valence-corrected chi connectivity index (χ2v) is 8.47. The molecule has 1 fully saturated rings. The summed E-state index contributed by atoms with van der Waals surface area (Å²) in [5.74, 6) is 1.85. The van der Waals surface area contributed by atoms with Gasteiger partial charge in [0, 0.05) is 38.1 Å². The number of benzene rings is 1. The number of ether oxygens (including phenoxy) is 1. The van der Waals surface area contributed by atoms with Crippen LogP contribution in [0, 0.1) is 0 Å². The molecule has 0 spiro atoms. The largest absolute Gasteiger partial charge is 0.378 e. The van der Waals surface area contributed by atoms with Gasteiger partial charge in [-0.2, -0.15) is 14.6 Å². The van der Waals surface area contributed by atoms with Gasteiger partial charge in [0.25, 0.3) is 11.5 Å². The summed E-state index contributed by atoms with van der Waals surface area (Å²) in [6.07, 6.45) is 3.47. The molecule has 2 aliphatic rings. The molecule has 35 heavy (non-hydrogen) atoms. The highest BCUT2D eigenvalue weighted by Gasteiger charge is 2.35. The van der Waals surface area contributed by atoms with Crippen LogP contribution in [-0.2, 0) is 4.74 Å². The van der Waals surface area contributed by atoms with Gasteiger partial charge < -0.3 is 19.9 Å². The zero-order valence-electron chi connectivity index (χ0n) is 19.4. The molecule has 178 valence electrons. The summed E-state index contributed by atoms with van der Waals surface area (Å²) in [6.45, 7) is 5.49. The van der Waals surface area contributed by atoms with E-state index >= 15 is 0 Å². The molecular weight excluding hydrogens is 444 g/mol. The standard InChI is InChI=1S/C25H26N8O2/c1-2-32-22(18-8-10-26-11-9-18)27-21-23(31-12-14-35-15-13-31)28-25(29-24(21)32)33-20(34)16-19(30-33)17-6-4-3-5-7-17/h3-11,16,22,27,30H,2,12-15H2,1H3. The molecular formula is C25H26N8O2. The number of aromatic amines is 1. The van der Waals surface area contributed by atoms with Crippen LogP contribution in [0.15, 0.2) is 65.7 Å². The summed E-state index contributed by atoms with van der Waals surface area (Å²) >= 11 is 0. The van der Waals surface area contributed by atoms with E-state index in [1.165, 1.54) is 4.68 Å². The molecule has 1 atom stereocenters. The summed E-state index contributed by atoms with van der Waals surface area (Å²) < 4.78 is 6.99. The van der Waals surface area contributed by atoms with Gasteiger partial charge in [-0.15, -0.1) is 0 Å². The Morgan fingerprint density at radius 1 is 1.03 bits per heavy atom. The number of anilines is 3. The number of aromatic nitrogens is 5. The van der Waals surface area contributed by atoms with E-state index in [2.05, 4.69) is 32.1 Å². The molecule has 0 saturated carbocycles. The average Bonchev–Trinajstić information content (AvgIpc) is 3.50. The molecule has 2 N–H and O–H groups in total. The highest BCUT2D eigenvalue weighted by Crippen LogP contribution is 2.44. The Morgan fingerprint density at radius 2 is 1.77 bits per heavy atom. The van der Waals surface area contributed by atoms with E-state index in [9.17, 15) is 4.79 Å². The SMILES string of the molecule is CCN1c2nc(-n3[nH]c(-c4ccccc4)cc3=O)nc(N3CCOCC3)c2NC1c1ccncc1. The van der Waals surface area contributed by atoms with Crippen LogP contribution < -0.4 is 20.7 Å². The first-order chi connectivity index (χ1) is 17.2. The summed E-state index contributed by atoms with van der Waals surface area (Å²) in [5.41, 5.74) is 3.37. The zero-order chi connectivity index (χ0) is 23.8. The molecule has 3 aromatic heterocycles. The van der Waals surface area contributed by atoms with Crippen LogP contribution in [0.2, 0.25) is 0 Å². The number of H-pyrrole nitrogens is 1. The first-order valence-electron chi connectivity index (χ1n) is 11.8. The normalized spacial score (nSPS) is 17.3. The third-order valence-corrected chi connectivity index (χ3v) is 6.40. The maximum Gasteiger partial charge on any atom is 0.274 e. The van der Waals surface area contributed by atoms with Crippen molar-refractivity contribution in [3.8, 4) is 17.2 Å². The second kappa shape index (κ2) is 8.88. The van der Waals surface area contributed by atoms with Crippen LogP contribution in [0.1, 0.15) is 18.7 Å². The fourth-order valence-corrected chi connectivity index (χ4v) is 4.66. The first kappa shape index (κ1) is 21.4. The van der Waals surface area contributed by atoms with Gasteiger partial charge in [-0.3, -0.25) is 14.9 Å². The van der Waals surface area contributed by atoms with Crippen molar-refractivity contribution in [1.82, 2.24) is 24.7 Å². The molecule has 1 saturated heterocycles. The van der Waals surface area contributed by atoms with E-state index in [-0.39, 0.29) is 11.7 Å². The number of rotatable bonds is 5. The molecule has 10 heteroatoms. The van der Waals surface area contributed by atoms with Gasteiger partial charge in [0.2, 0.25) is 0 Å². The number of fused-ring (bicyclic) bond motifs is 1. The van der Waals surface area contributed by atoms with Crippen molar-refractivity contribution in [3.05, 3.63) is 76.8 Å². The van der Waals surface area contributed by atoms with Crippen molar-refractivity contribution in [1.29, 1.82) is 0 Å². The molecule has 6 rings (SSSR count). The van der Waals surface area contributed by atoms with Crippen molar-refractivity contribution in [2.75, 3.05) is 48.0 Å². The minimum atomic E-state index is -0.212. The summed E-state index contributed by atoms with van der Waals surface area (Å²) in [6, 6.07) is 15.3. The van der Waals surface area contributed by atoms with Crippen LogP contribution in [0.4, 0.5) is 17.3 Å². The van der Waals surface area contributed by atoms with Gasteiger partial charge in [-0.1, -0.05) is 30.3 Å². The van der Waals surface area contributed by atoms with Crippen LogP contribution >= 0.6 is 0 Å². The Hall–Kier alpha value is -4.18. The third kappa shape index (κ3) is 3.81. The maximum absolute atomic E-state index is 13.0. The lowest BCUT2D eigenvalue weighted by atomic mass is 10.2. The monoisotopic (exact) mass is 470 g/mol. The Bertz CT molecular complexity index is 1380. The van der Waals surface area contributed by atoms with Crippen molar-refractivity contribution < 1.29 is 4.74 Å². The van der Waals surface area contributed by atoms with E-state index in [1.807, 2.05) is 42.5 Å². The lowest BCUT2D eigenvalue weighted by Gasteiger charge is -2.29. The minimum Gasteiger partial charge on any atom is -0.378 e. The molecule has 1 aromatic carbocycles. The Labute approximate surface area is 202 Å². The van der Waals surface area contributed by atoms with Crippen LogP contribution in [-0.4, -0.2) is 57.6 Å². The number of hydrogen-bond acceptors (Lipinski definition) is 8. The topological polar surface area (TPSA) is 104 Å². The minimum absolute atomic E-state index is 0.109. The van der Waals surface area contributed by atoms with Crippen molar-refractivity contribution in [2.45, 2.75) is 13.1 Å². The summed E-state index contributed by atoms with van der Waals surface area (Å²) in [4.78, 5) is 31.3. The van der Waals surface area contributed by atoms with Gasteiger partial charge in [0.15, 0.2) is 11.6 Å². The van der Waals surface area contributed by atoms with Crippen molar-refractivity contribution in [3.63, 3.8) is 0 Å². The van der Waals surface area contributed by atoms with Gasteiger partial charge in [-0.25, -0.2) is 0 Å². The number of nitrogens with one attached hydrogen (secondary N) is 2. The average molecular weight is 471 g/mol. The number of nitrogens with zero attached hydrogens (tertiary/aromatic N) is 6. The molecule has 2 aliphatic heterocycles. The predicted octanol–water partition coefficient (Wildman–Crippen LogP) is 2.80. The summed E-state index contributed by atoms with van der Waals surface area (Å²) in [7, 11) is 0. The summed E-state index contributed by atoms with van der Waals surface area (Å²) in [5, 5.41) is 6.83. The van der Waals surface area contributed by atoms with Crippen LogP contribution in [0.3, 0.4) is 0 Å². The smallest absolute Gasteiger partial charge is 0.274 e. The Kier molecular flexibility index (Phi) is 5.42. The highest BCUT2D eigenvalue weighted by atomic mass is 16.5. The lowest BCUT2D eigenvalue weighted by Crippen LogP contribution is -2.37. The predicted molar refractivity (Wildman–Crippen MR) is 134 cm³/mol. The number of pyridine rings is 1. The molecule has 5 heterocycles. The van der Waals surface area contributed by atoms with E-state index in [1.54, 1.807) is 18.5 Å². The molecule has 0 radical (unpaired) electrons. The van der Waals surface area contributed by atoms with Crippen LogP contribution in [0.5, 0.6) is 0 Å². The van der Waals surface area contributed by atoms with Crippen LogP contribution in [0.25, 0.3) is 17.2 Å². The van der Waals surface area contributed by atoms with Gasteiger partial charge in [0.1, 0.15) is 11.9 Å².